The number of carbonyl (C=O) groups excluding carboxylic acids is 1. The molecule has 0 bridgehead atoms. The second-order valence-corrected chi connectivity index (χ2v) is 7.06. The fourth-order valence-electron chi connectivity index (χ4n) is 3.14. The molecule has 0 saturated carbocycles. The Hall–Kier alpha value is -3.53. The molecule has 1 aromatic carbocycles. The second-order valence-electron chi connectivity index (χ2n) is 6.64. The normalized spacial score (nSPS) is 15.7. The molecule has 1 aliphatic rings. The van der Waals surface area contributed by atoms with E-state index in [1.54, 1.807) is 36.0 Å². The molecule has 30 heavy (non-hydrogen) atoms. The number of thiocarbonyl (C=S) groups is 1. The van der Waals surface area contributed by atoms with Gasteiger partial charge in [0.2, 0.25) is 5.82 Å². The minimum atomic E-state index is -0.520. The Kier molecular flexibility index (Phi) is 5.57. The van der Waals surface area contributed by atoms with Crippen molar-refractivity contribution in [2.75, 3.05) is 25.7 Å². The highest BCUT2D eigenvalue weighted by Crippen LogP contribution is 2.27. The van der Waals surface area contributed by atoms with Crippen LogP contribution in [0.2, 0.25) is 0 Å². The maximum Gasteiger partial charge on any atom is 0.291 e. The summed E-state index contributed by atoms with van der Waals surface area (Å²) < 4.78 is 12.7. The van der Waals surface area contributed by atoms with Crippen LogP contribution < -0.4 is 19.7 Å². The molecule has 1 amide bonds. The number of rotatable bonds is 5. The number of nitrogens with one attached hydrogen (secondary N) is 1. The Morgan fingerprint density at radius 1 is 1.30 bits per heavy atom. The standard InChI is InChI=1S/C20H20N6O3S/c1-25-18-16(8-5-9-21-18)29-11-14(20(25)30)23-19(27)17-22-12-26(24-17)10-13-6-3-4-7-15(13)28-2/h3-9,12,14H,10-11H2,1-2H3,(H,23,27). The first kappa shape index (κ1) is 19.8. The van der Waals surface area contributed by atoms with Crippen LogP contribution >= 0.6 is 12.2 Å². The molecule has 0 fully saturated rings. The van der Waals surface area contributed by atoms with Crippen LogP contribution in [-0.4, -0.2) is 57.5 Å². The fourth-order valence-corrected chi connectivity index (χ4v) is 3.35. The molecule has 2 aromatic heterocycles. The van der Waals surface area contributed by atoms with Gasteiger partial charge in [-0.15, -0.1) is 5.10 Å². The van der Waals surface area contributed by atoms with Gasteiger partial charge in [-0.2, -0.15) is 0 Å². The number of hydrogen-bond acceptors (Lipinski definition) is 7. The van der Waals surface area contributed by atoms with E-state index in [0.717, 1.165) is 11.3 Å². The molecule has 1 atom stereocenters. The Labute approximate surface area is 178 Å². The van der Waals surface area contributed by atoms with Crippen LogP contribution in [0.3, 0.4) is 0 Å². The van der Waals surface area contributed by atoms with E-state index >= 15 is 0 Å². The summed E-state index contributed by atoms with van der Waals surface area (Å²) in [6.45, 7) is 0.620. The number of ether oxygens (including phenoxy) is 2. The molecule has 1 unspecified atom stereocenters. The van der Waals surface area contributed by atoms with Crippen molar-refractivity contribution in [2.24, 2.45) is 0 Å². The number of hydrogen-bond donors (Lipinski definition) is 1. The number of benzene rings is 1. The van der Waals surface area contributed by atoms with Crippen LogP contribution in [0.5, 0.6) is 11.5 Å². The van der Waals surface area contributed by atoms with Gasteiger partial charge < -0.3 is 19.7 Å². The summed E-state index contributed by atoms with van der Waals surface area (Å²) in [6, 6.07) is 10.7. The Morgan fingerprint density at radius 2 is 2.13 bits per heavy atom. The zero-order chi connectivity index (χ0) is 21.1. The molecular formula is C20H20N6O3S. The number of para-hydroxylation sites is 1. The molecule has 3 heterocycles. The van der Waals surface area contributed by atoms with Crippen LogP contribution in [0.4, 0.5) is 5.82 Å². The van der Waals surface area contributed by atoms with Crippen molar-refractivity contribution < 1.29 is 14.3 Å². The van der Waals surface area contributed by atoms with E-state index in [4.69, 9.17) is 21.7 Å². The molecule has 1 N–H and O–H groups in total. The molecule has 0 radical (unpaired) electrons. The number of fused-ring (bicyclic) bond motifs is 1. The number of likely N-dealkylation sites (N-methyl/N-ethyl adjacent to an activating group) is 1. The zero-order valence-corrected chi connectivity index (χ0v) is 17.3. The topological polar surface area (TPSA) is 94.4 Å². The predicted octanol–water partition coefficient (Wildman–Crippen LogP) is 1.68. The number of pyridine rings is 1. The van der Waals surface area contributed by atoms with Crippen LogP contribution in [-0.2, 0) is 6.54 Å². The molecule has 1 aliphatic heterocycles. The Balaban J connectivity index is 1.45. The van der Waals surface area contributed by atoms with Crippen molar-refractivity contribution in [3.05, 3.63) is 60.3 Å². The van der Waals surface area contributed by atoms with Crippen molar-refractivity contribution in [3.63, 3.8) is 0 Å². The average Bonchev–Trinajstić information content (AvgIpc) is 3.20. The van der Waals surface area contributed by atoms with E-state index < -0.39 is 11.9 Å². The monoisotopic (exact) mass is 424 g/mol. The van der Waals surface area contributed by atoms with E-state index in [1.807, 2.05) is 30.3 Å². The summed E-state index contributed by atoms with van der Waals surface area (Å²) in [5.41, 5.74) is 0.932. The molecule has 10 heteroatoms. The highest BCUT2D eigenvalue weighted by Gasteiger charge is 2.29. The lowest BCUT2D eigenvalue weighted by atomic mass is 10.2. The summed E-state index contributed by atoms with van der Waals surface area (Å²) in [5, 5.41) is 7.13. The first-order valence-corrected chi connectivity index (χ1v) is 9.65. The third-order valence-corrected chi connectivity index (χ3v) is 5.23. The van der Waals surface area contributed by atoms with Crippen LogP contribution in [0.1, 0.15) is 16.2 Å². The fraction of sp³-hybridized carbons (Fsp3) is 0.250. The van der Waals surface area contributed by atoms with Gasteiger partial charge in [0, 0.05) is 18.8 Å². The summed E-state index contributed by atoms with van der Waals surface area (Å²) in [6.07, 6.45) is 3.17. The third-order valence-electron chi connectivity index (χ3n) is 4.67. The van der Waals surface area contributed by atoms with Crippen molar-refractivity contribution in [3.8, 4) is 11.5 Å². The van der Waals surface area contributed by atoms with E-state index in [0.29, 0.717) is 23.1 Å². The minimum absolute atomic E-state index is 0.0511. The smallest absolute Gasteiger partial charge is 0.291 e. The summed E-state index contributed by atoms with van der Waals surface area (Å²) in [5.74, 6) is 1.58. The van der Waals surface area contributed by atoms with Gasteiger partial charge >= 0.3 is 0 Å². The summed E-state index contributed by atoms with van der Waals surface area (Å²) >= 11 is 5.53. The molecule has 154 valence electrons. The lowest BCUT2D eigenvalue weighted by Crippen LogP contribution is -2.48. The van der Waals surface area contributed by atoms with Gasteiger partial charge in [0.25, 0.3) is 5.91 Å². The molecule has 4 rings (SSSR count). The van der Waals surface area contributed by atoms with Gasteiger partial charge in [0.1, 0.15) is 29.7 Å². The van der Waals surface area contributed by atoms with Crippen LogP contribution in [0.15, 0.2) is 48.9 Å². The van der Waals surface area contributed by atoms with Crippen molar-refractivity contribution in [1.82, 2.24) is 25.1 Å². The van der Waals surface area contributed by atoms with Gasteiger partial charge in [0.05, 0.1) is 13.7 Å². The second kappa shape index (κ2) is 8.46. The van der Waals surface area contributed by atoms with Gasteiger partial charge in [-0.3, -0.25) is 4.79 Å². The van der Waals surface area contributed by atoms with E-state index in [9.17, 15) is 4.79 Å². The number of methoxy groups -OCH3 is 1. The van der Waals surface area contributed by atoms with Crippen LogP contribution in [0, 0.1) is 0 Å². The molecule has 0 saturated heterocycles. The first-order valence-electron chi connectivity index (χ1n) is 9.24. The summed E-state index contributed by atoms with van der Waals surface area (Å²) in [4.78, 5) is 23.4. The maximum absolute atomic E-state index is 12.7. The Morgan fingerprint density at radius 3 is 2.97 bits per heavy atom. The highest BCUT2D eigenvalue weighted by atomic mass is 32.1. The van der Waals surface area contributed by atoms with Gasteiger partial charge in [-0.25, -0.2) is 14.6 Å². The number of anilines is 1. The zero-order valence-electron chi connectivity index (χ0n) is 16.5. The SMILES string of the molecule is COc1ccccc1Cn1cnc(C(=O)NC2COc3cccnc3N(C)C2=S)n1. The van der Waals surface area contributed by atoms with Gasteiger partial charge in [-0.1, -0.05) is 30.4 Å². The Bertz CT molecular complexity index is 1090. The summed E-state index contributed by atoms with van der Waals surface area (Å²) in [7, 11) is 3.41. The van der Waals surface area contributed by atoms with Crippen LogP contribution in [0.25, 0.3) is 0 Å². The highest BCUT2D eigenvalue weighted by molar-refractivity contribution is 7.80. The van der Waals surface area contributed by atoms with E-state index in [-0.39, 0.29) is 12.4 Å². The maximum atomic E-state index is 12.7. The molecule has 9 nitrogen and oxygen atoms in total. The molecule has 0 spiro atoms. The molecular weight excluding hydrogens is 404 g/mol. The number of amides is 1. The van der Waals surface area contributed by atoms with Crippen molar-refractivity contribution in [2.45, 2.75) is 12.6 Å². The largest absolute Gasteiger partial charge is 0.496 e. The van der Waals surface area contributed by atoms with Gasteiger partial charge in [0.15, 0.2) is 11.6 Å². The lowest BCUT2D eigenvalue weighted by Gasteiger charge is -2.22. The molecule has 0 aliphatic carbocycles. The number of aromatic nitrogens is 4. The predicted molar refractivity (Wildman–Crippen MR) is 114 cm³/mol. The lowest BCUT2D eigenvalue weighted by molar-refractivity contribution is 0.0927. The first-order chi connectivity index (χ1) is 14.6. The number of nitrogens with zero attached hydrogens (tertiary/aromatic N) is 5. The number of carbonyl (C=O) groups is 1. The van der Waals surface area contributed by atoms with Gasteiger partial charge in [-0.05, 0) is 18.2 Å². The quantitative estimate of drug-likeness (QED) is 0.619. The average molecular weight is 424 g/mol. The minimum Gasteiger partial charge on any atom is -0.496 e. The van der Waals surface area contributed by atoms with Crippen molar-refractivity contribution >= 4 is 28.9 Å². The van der Waals surface area contributed by atoms with Crippen molar-refractivity contribution in [1.29, 1.82) is 0 Å². The van der Waals surface area contributed by atoms with E-state index in [2.05, 4.69) is 20.4 Å². The van der Waals surface area contributed by atoms with E-state index in [1.165, 1.54) is 6.33 Å². The molecule has 3 aromatic rings. The third kappa shape index (κ3) is 3.94.